The molecule has 0 fully saturated rings. The first-order valence-electron chi connectivity index (χ1n) is 7.71. The van der Waals surface area contributed by atoms with Gasteiger partial charge in [0.25, 0.3) is 11.6 Å². The van der Waals surface area contributed by atoms with Gasteiger partial charge in [-0.1, -0.05) is 6.07 Å². The first-order valence-corrected chi connectivity index (χ1v) is 8.53. The number of benzene rings is 1. The summed E-state index contributed by atoms with van der Waals surface area (Å²) >= 11 is 1.20. The summed E-state index contributed by atoms with van der Waals surface area (Å²) in [6.45, 7) is 0. The lowest BCUT2D eigenvalue weighted by Gasteiger charge is -2.04. The highest BCUT2D eigenvalue weighted by atomic mass is 32.2. The molecule has 0 aliphatic carbocycles. The first kappa shape index (κ1) is 18.3. The topological polar surface area (TPSA) is 115 Å². The summed E-state index contributed by atoms with van der Waals surface area (Å²) in [6.07, 6.45) is 7.74. The lowest BCUT2D eigenvalue weighted by atomic mass is 10.2. The lowest BCUT2D eigenvalue weighted by Crippen LogP contribution is -2.17. The Kier molecular flexibility index (Phi) is 5.57. The van der Waals surface area contributed by atoms with Crippen molar-refractivity contribution < 1.29 is 9.72 Å². The van der Waals surface area contributed by atoms with Gasteiger partial charge in [-0.2, -0.15) is 5.10 Å². The highest BCUT2D eigenvalue weighted by Gasteiger charge is 2.17. The Hall–Kier alpha value is -3.53. The van der Waals surface area contributed by atoms with E-state index in [0.29, 0.717) is 21.2 Å². The zero-order valence-corrected chi connectivity index (χ0v) is 15.0. The van der Waals surface area contributed by atoms with Gasteiger partial charge in [-0.05, 0) is 30.0 Å². The maximum absolute atomic E-state index is 11.9. The Balaban J connectivity index is 1.75. The minimum absolute atomic E-state index is 0.0626. The van der Waals surface area contributed by atoms with E-state index in [9.17, 15) is 14.9 Å². The molecule has 0 bridgehead atoms. The van der Waals surface area contributed by atoms with Crippen molar-refractivity contribution in [2.75, 3.05) is 0 Å². The van der Waals surface area contributed by atoms with Crippen LogP contribution in [0, 0.1) is 10.1 Å². The third-order valence-electron chi connectivity index (χ3n) is 3.48. The summed E-state index contributed by atoms with van der Waals surface area (Å²) in [4.78, 5) is 31.3. The van der Waals surface area contributed by atoms with Crippen LogP contribution in [0.15, 0.2) is 70.3 Å². The van der Waals surface area contributed by atoms with E-state index in [-0.39, 0.29) is 5.69 Å². The monoisotopic (exact) mass is 382 g/mol. The van der Waals surface area contributed by atoms with Crippen molar-refractivity contribution >= 4 is 29.6 Å². The van der Waals surface area contributed by atoms with Gasteiger partial charge in [0.1, 0.15) is 0 Å². The van der Waals surface area contributed by atoms with Gasteiger partial charge in [-0.15, -0.1) is 0 Å². The van der Waals surface area contributed by atoms with E-state index in [0.717, 1.165) is 0 Å². The second-order valence-corrected chi connectivity index (χ2v) is 6.35. The molecular formula is C17H14N6O3S. The van der Waals surface area contributed by atoms with Crippen molar-refractivity contribution in [3.63, 3.8) is 0 Å². The molecule has 2 aromatic heterocycles. The Labute approximate surface area is 158 Å². The normalized spacial score (nSPS) is 10.9. The van der Waals surface area contributed by atoms with E-state index in [1.165, 1.54) is 36.4 Å². The van der Waals surface area contributed by atoms with Crippen LogP contribution in [0.25, 0.3) is 0 Å². The van der Waals surface area contributed by atoms with E-state index in [1.807, 2.05) is 7.05 Å². The first-order chi connectivity index (χ1) is 13.0. The van der Waals surface area contributed by atoms with Gasteiger partial charge >= 0.3 is 0 Å². The molecule has 1 amide bonds. The Morgan fingerprint density at radius 1 is 1.30 bits per heavy atom. The number of carbonyl (C=O) groups is 1. The summed E-state index contributed by atoms with van der Waals surface area (Å²) in [6, 6.07) is 7.82. The van der Waals surface area contributed by atoms with Crippen molar-refractivity contribution in [2.24, 2.45) is 12.1 Å². The molecule has 0 radical (unpaired) electrons. The van der Waals surface area contributed by atoms with Gasteiger partial charge in [-0.3, -0.25) is 19.9 Å². The minimum Gasteiger partial charge on any atom is -0.329 e. The number of hydrogen-bond donors (Lipinski definition) is 1. The van der Waals surface area contributed by atoms with Gasteiger partial charge in [0.05, 0.1) is 16.0 Å². The fourth-order valence-electron chi connectivity index (χ4n) is 2.13. The number of nitro benzene ring substituents is 1. The summed E-state index contributed by atoms with van der Waals surface area (Å²) < 4.78 is 1.78. The molecule has 3 rings (SSSR count). The van der Waals surface area contributed by atoms with E-state index >= 15 is 0 Å². The number of aryl methyl sites for hydroxylation is 1. The number of nitro groups is 1. The van der Waals surface area contributed by atoms with Crippen molar-refractivity contribution in [2.45, 2.75) is 10.1 Å². The number of pyridine rings is 1. The minimum atomic E-state index is -0.460. The van der Waals surface area contributed by atoms with Crippen LogP contribution in [0.1, 0.15) is 15.9 Å². The number of carbonyl (C=O) groups excluding carboxylic acids is 1. The largest absolute Gasteiger partial charge is 0.329 e. The predicted molar refractivity (Wildman–Crippen MR) is 99.7 cm³/mol. The van der Waals surface area contributed by atoms with E-state index < -0.39 is 10.8 Å². The zero-order chi connectivity index (χ0) is 19.2. The summed E-state index contributed by atoms with van der Waals surface area (Å²) in [5.74, 6) is -0.398. The second-order valence-electron chi connectivity index (χ2n) is 5.34. The van der Waals surface area contributed by atoms with Crippen molar-refractivity contribution in [1.82, 2.24) is 20.0 Å². The van der Waals surface area contributed by atoms with E-state index in [1.54, 1.807) is 41.2 Å². The number of amides is 1. The molecule has 9 nitrogen and oxygen atoms in total. The average Bonchev–Trinajstić information content (AvgIpc) is 3.08. The third kappa shape index (κ3) is 4.55. The summed E-state index contributed by atoms with van der Waals surface area (Å²) in [5, 5.41) is 15.9. The number of nitrogens with one attached hydrogen (secondary N) is 1. The summed E-state index contributed by atoms with van der Waals surface area (Å²) in [5.41, 5.74) is 3.21. The van der Waals surface area contributed by atoms with Crippen LogP contribution in [0.3, 0.4) is 0 Å². The molecule has 1 N–H and O–H groups in total. The number of imidazole rings is 1. The van der Waals surface area contributed by atoms with Gasteiger partial charge < -0.3 is 4.57 Å². The van der Waals surface area contributed by atoms with Crippen LogP contribution >= 0.6 is 11.8 Å². The van der Waals surface area contributed by atoms with Crippen molar-refractivity contribution in [3.8, 4) is 0 Å². The predicted octanol–water partition coefficient (Wildman–Crippen LogP) is 2.64. The molecule has 2 heterocycles. The number of rotatable bonds is 6. The van der Waals surface area contributed by atoms with Gasteiger partial charge in [0.15, 0.2) is 5.16 Å². The molecule has 10 heteroatoms. The van der Waals surface area contributed by atoms with Crippen LogP contribution in [0.4, 0.5) is 5.69 Å². The van der Waals surface area contributed by atoms with Crippen LogP contribution in [0.2, 0.25) is 0 Å². The maximum atomic E-state index is 11.9. The van der Waals surface area contributed by atoms with Crippen LogP contribution in [-0.4, -0.2) is 31.6 Å². The average molecular weight is 382 g/mol. The Bertz CT molecular complexity index is 1000. The fourth-order valence-corrected chi connectivity index (χ4v) is 3.01. The zero-order valence-electron chi connectivity index (χ0n) is 14.1. The molecule has 0 aliphatic rings. The quantitative estimate of drug-likeness (QED) is 0.398. The van der Waals surface area contributed by atoms with Gasteiger partial charge in [0, 0.05) is 49.0 Å². The maximum Gasteiger partial charge on any atom is 0.283 e. The van der Waals surface area contributed by atoms with Crippen molar-refractivity contribution in [3.05, 3.63) is 76.4 Å². The number of aromatic nitrogens is 3. The summed E-state index contributed by atoms with van der Waals surface area (Å²) in [7, 11) is 1.81. The molecule has 1 aromatic carbocycles. The van der Waals surface area contributed by atoms with Gasteiger partial charge in [-0.25, -0.2) is 10.4 Å². The lowest BCUT2D eigenvalue weighted by molar-refractivity contribution is -0.387. The highest BCUT2D eigenvalue weighted by Crippen LogP contribution is 2.34. The van der Waals surface area contributed by atoms with E-state index in [2.05, 4.69) is 20.5 Å². The Morgan fingerprint density at radius 2 is 2.07 bits per heavy atom. The second kappa shape index (κ2) is 8.23. The molecule has 136 valence electrons. The molecule has 0 spiro atoms. The standard InChI is InChI=1S/C17H14N6O3S/c1-22-9-8-19-17(22)27-15-3-2-12(10-14(15)23(25)26)11-20-21-16(24)13-4-6-18-7-5-13/h2-11H,1H3,(H,21,24). The molecule has 0 saturated heterocycles. The molecule has 27 heavy (non-hydrogen) atoms. The van der Waals surface area contributed by atoms with Crippen LogP contribution in [-0.2, 0) is 7.05 Å². The molecule has 3 aromatic rings. The van der Waals surface area contributed by atoms with Crippen LogP contribution in [0.5, 0.6) is 0 Å². The molecular weight excluding hydrogens is 368 g/mol. The van der Waals surface area contributed by atoms with E-state index in [4.69, 9.17) is 0 Å². The third-order valence-corrected chi connectivity index (χ3v) is 4.62. The molecule has 0 unspecified atom stereocenters. The van der Waals surface area contributed by atoms with Gasteiger partial charge in [0.2, 0.25) is 0 Å². The smallest absolute Gasteiger partial charge is 0.283 e. The Morgan fingerprint density at radius 3 is 2.74 bits per heavy atom. The molecule has 0 atom stereocenters. The molecule has 0 aliphatic heterocycles. The fraction of sp³-hybridized carbons (Fsp3) is 0.0588. The number of hydrazone groups is 1. The van der Waals surface area contributed by atoms with Crippen molar-refractivity contribution in [1.29, 1.82) is 0 Å². The highest BCUT2D eigenvalue weighted by molar-refractivity contribution is 7.99. The molecule has 0 saturated carbocycles. The van der Waals surface area contributed by atoms with Crippen LogP contribution < -0.4 is 5.43 Å². The SMILES string of the molecule is Cn1ccnc1Sc1ccc(C=NNC(=O)c2ccncc2)cc1[N+](=O)[O-]. The number of nitrogens with zero attached hydrogens (tertiary/aromatic N) is 5. The number of hydrogen-bond acceptors (Lipinski definition) is 7.